The lowest BCUT2D eigenvalue weighted by molar-refractivity contribution is 0.0601. The lowest BCUT2D eigenvalue weighted by atomic mass is 10.1. The largest absolute Gasteiger partial charge is 0.465 e. The molecule has 0 N–H and O–H groups in total. The van der Waals surface area contributed by atoms with Crippen molar-refractivity contribution >= 4 is 23.0 Å². The van der Waals surface area contributed by atoms with Gasteiger partial charge in [-0.15, -0.1) is 11.3 Å². The summed E-state index contributed by atoms with van der Waals surface area (Å²) in [5.41, 5.74) is 4.07. The summed E-state index contributed by atoms with van der Waals surface area (Å²) in [5.74, 6) is -0.311. The van der Waals surface area contributed by atoms with Crippen LogP contribution in [0.3, 0.4) is 0 Å². The molecule has 2 aromatic carbocycles. The first-order chi connectivity index (χ1) is 11.6. The molecule has 0 atom stereocenters. The molecule has 0 saturated heterocycles. The number of rotatable bonds is 4. The maximum atomic E-state index is 11.5. The Labute approximate surface area is 146 Å². The molecule has 0 bridgehead atoms. The van der Waals surface area contributed by atoms with Gasteiger partial charge >= 0.3 is 5.97 Å². The van der Waals surface area contributed by atoms with Crippen molar-refractivity contribution in [2.45, 2.75) is 0 Å². The predicted octanol–water partition coefficient (Wildman–Crippen LogP) is 4.93. The van der Waals surface area contributed by atoms with E-state index >= 15 is 0 Å². The SMILES string of the molecule is COC(=O)c1ccc(-c2ccc(-c3ccc(N(C)C)cc3)s2)cc1. The Morgan fingerprint density at radius 2 is 1.33 bits per heavy atom. The molecule has 0 amide bonds. The molecule has 3 rings (SSSR count). The van der Waals surface area contributed by atoms with Crippen molar-refractivity contribution < 1.29 is 9.53 Å². The molecule has 24 heavy (non-hydrogen) atoms. The van der Waals surface area contributed by atoms with Crippen LogP contribution in [0.25, 0.3) is 20.9 Å². The Bertz CT molecular complexity index is 833. The lowest BCUT2D eigenvalue weighted by Crippen LogP contribution is -2.07. The first-order valence-electron chi connectivity index (χ1n) is 7.65. The van der Waals surface area contributed by atoms with Crippen LogP contribution >= 0.6 is 11.3 Å². The van der Waals surface area contributed by atoms with Crippen molar-refractivity contribution in [2.24, 2.45) is 0 Å². The van der Waals surface area contributed by atoms with E-state index in [0.29, 0.717) is 5.56 Å². The minimum atomic E-state index is -0.311. The third kappa shape index (κ3) is 3.34. The van der Waals surface area contributed by atoms with Gasteiger partial charge < -0.3 is 9.64 Å². The topological polar surface area (TPSA) is 29.5 Å². The summed E-state index contributed by atoms with van der Waals surface area (Å²) in [5, 5.41) is 0. The first-order valence-corrected chi connectivity index (χ1v) is 8.46. The molecule has 0 aliphatic heterocycles. The van der Waals surface area contributed by atoms with Gasteiger partial charge in [0.2, 0.25) is 0 Å². The highest BCUT2D eigenvalue weighted by atomic mass is 32.1. The smallest absolute Gasteiger partial charge is 0.337 e. The number of ether oxygens (including phenoxy) is 1. The van der Waals surface area contributed by atoms with Gasteiger partial charge in [0.15, 0.2) is 0 Å². The number of benzene rings is 2. The van der Waals surface area contributed by atoms with E-state index in [0.717, 1.165) is 5.56 Å². The molecular formula is C20H19NO2S. The zero-order chi connectivity index (χ0) is 17.1. The zero-order valence-electron chi connectivity index (χ0n) is 13.9. The highest BCUT2D eigenvalue weighted by Crippen LogP contribution is 2.35. The van der Waals surface area contributed by atoms with E-state index < -0.39 is 0 Å². The van der Waals surface area contributed by atoms with Gasteiger partial charge in [0, 0.05) is 29.5 Å². The summed E-state index contributed by atoms with van der Waals surface area (Å²) >= 11 is 1.74. The minimum Gasteiger partial charge on any atom is -0.465 e. The number of hydrogen-bond acceptors (Lipinski definition) is 4. The molecule has 0 aliphatic carbocycles. The van der Waals surface area contributed by atoms with Crippen LogP contribution in [0, 0.1) is 0 Å². The van der Waals surface area contributed by atoms with E-state index in [1.165, 1.54) is 28.1 Å². The average molecular weight is 337 g/mol. The number of carbonyl (C=O) groups is 1. The second kappa shape index (κ2) is 6.89. The monoisotopic (exact) mass is 337 g/mol. The Morgan fingerprint density at radius 3 is 1.79 bits per heavy atom. The van der Waals surface area contributed by atoms with Crippen LogP contribution in [0.5, 0.6) is 0 Å². The number of thiophene rings is 1. The third-order valence-electron chi connectivity index (χ3n) is 3.86. The van der Waals surface area contributed by atoms with Crippen LogP contribution in [0.4, 0.5) is 5.69 Å². The maximum absolute atomic E-state index is 11.5. The Balaban J connectivity index is 1.83. The Hall–Kier alpha value is -2.59. The van der Waals surface area contributed by atoms with Crippen molar-refractivity contribution in [1.29, 1.82) is 0 Å². The van der Waals surface area contributed by atoms with E-state index in [-0.39, 0.29) is 5.97 Å². The second-order valence-corrected chi connectivity index (χ2v) is 6.76. The Morgan fingerprint density at radius 1 is 0.833 bits per heavy atom. The number of methoxy groups -OCH3 is 1. The van der Waals surface area contributed by atoms with Crippen LogP contribution in [-0.4, -0.2) is 27.2 Å². The van der Waals surface area contributed by atoms with Crippen molar-refractivity contribution in [2.75, 3.05) is 26.1 Å². The third-order valence-corrected chi connectivity index (χ3v) is 5.05. The molecule has 0 radical (unpaired) electrons. The first kappa shape index (κ1) is 16.3. The summed E-state index contributed by atoms with van der Waals surface area (Å²) in [6, 6.07) is 20.3. The molecule has 0 aliphatic rings. The summed E-state index contributed by atoms with van der Waals surface area (Å²) in [4.78, 5) is 16.0. The van der Waals surface area contributed by atoms with E-state index in [9.17, 15) is 4.79 Å². The van der Waals surface area contributed by atoms with Crippen LogP contribution in [-0.2, 0) is 4.74 Å². The fourth-order valence-corrected chi connectivity index (χ4v) is 3.48. The average Bonchev–Trinajstić information content (AvgIpc) is 3.11. The van der Waals surface area contributed by atoms with Gasteiger partial charge in [-0.2, -0.15) is 0 Å². The van der Waals surface area contributed by atoms with Crippen molar-refractivity contribution in [3.63, 3.8) is 0 Å². The number of esters is 1. The summed E-state index contributed by atoms with van der Waals surface area (Å²) in [6.45, 7) is 0. The number of carbonyl (C=O) groups excluding carboxylic acids is 1. The fraction of sp³-hybridized carbons (Fsp3) is 0.150. The molecular weight excluding hydrogens is 318 g/mol. The zero-order valence-corrected chi connectivity index (χ0v) is 14.8. The van der Waals surface area contributed by atoms with Crippen molar-refractivity contribution in [1.82, 2.24) is 0 Å². The van der Waals surface area contributed by atoms with Gasteiger partial charge in [0.1, 0.15) is 0 Å². The maximum Gasteiger partial charge on any atom is 0.337 e. The second-order valence-electron chi connectivity index (χ2n) is 5.67. The molecule has 4 heteroatoms. The van der Waals surface area contributed by atoms with Gasteiger partial charge in [-0.25, -0.2) is 4.79 Å². The van der Waals surface area contributed by atoms with Gasteiger partial charge in [-0.05, 0) is 47.5 Å². The van der Waals surface area contributed by atoms with Crippen molar-refractivity contribution in [3.05, 3.63) is 66.2 Å². The normalized spacial score (nSPS) is 10.5. The van der Waals surface area contributed by atoms with E-state index in [2.05, 4.69) is 41.3 Å². The highest BCUT2D eigenvalue weighted by molar-refractivity contribution is 7.18. The predicted molar refractivity (Wildman–Crippen MR) is 101 cm³/mol. The van der Waals surface area contributed by atoms with Gasteiger partial charge in [0.05, 0.1) is 12.7 Å². The number of nitrogens with zero attached hydrogens (tertiary/aromatic N) is 1. The van der Waals surface area contributed by atoms with Crippen LogP contribution < -0.4 is 4.90 Å². The fourth-order valence-electron chi connectivity index (χ4n) is 2.46. The molecule has 0 fully saturated rings. The lowest BCUT2D eigenvalue weighted by Gasteiger charge is -2.12. The highest BCUT2D eigenvalue weighted by Gasteiger charge is 2.08. The number of anilines is 1. The summed E-state index contributed by atoms with van der Waals surface area (Å²) in [6.07, 6.45) is 0. The van der Waals surface area contributed by atoms with Crippen molar-refractivity contribution in [3.8, 4) is 20.9 Å². The molecule has 1 aromatic heterocycles. The molecule has 3 aromatic rings. The minimum absolute atomic E-state index is 0.311. The molecule has 122 valence electrons. The standard InChI is InChI=1S/C20H19NO2S/c1-21(2)17-10-8-15(9-11-17)19-13-12-18(24-19)14-4-6-16(7-5-14)20(22)23-3/h4-13H,1-3H3. The van der Waals surface area contributed by atoms with Gasteiger partial charge in [-0.1, -0.05) is 24.3 Å². The van der Waals surface area contributed by atoms with Gasteiger partial charge in [-0.3, -0.25) is 0 Å². The Kier molecular flexibility index (Phi) is 4.67. The van der Waals surface area contributed by atoms with E-state index in [4.69, 9.17) is 4.74 Å². The molecule has 0 spiro atoms. The van der Waals surface area contributed by atoms with Crippen LogP contribution in [0.2, 0.25) is 0 Å². The molecule has 3 nitrogen and oxygen atoms in total. The van der Waals surface area contributed by atoms with Gasteiger partial charge in [0.25, 0.3) is 0 Å². The number of hydrogen-bond donors (Lipinski definition) is 0. The van der Waals surface area contributed by atoms with E-state index in [1.54, 1.807) is 23.5 Å². The molecule has 0 unspecified atom stereocenters. The van der Waals surface area contributed by atoms with E-state index in [1.807, 2.05) is 26.2 Å². The van der Waals surface area contributed by atoms with Crippen LogP contribution in [0.1, 0.15) is 10.4 Å². The van der Waals surface area contributed by atoms with Crippen LogP contribution in [0.15, 0.2) is 60.7 Å². The summed E-state index contributed by atoms with van der Waals surface area (Å²) < 4.78 is 4.73. The summed E-state index contributed by atoms with van der Waals surface area (Å²) in [7, 11) is 5.47. The molecule has 0 saturated carbocycles. The molecule has 1 heterocycles. The quantitative estimate of drug-likeness (QED) is 0.632.